The van der Waals surface area contributed by atoms with E-state index in [4.69, 9.17) is 0 Å². The van der Waals surface area contributed by atoms with Crippen LogP contribution in [0.25, 0.3) is 11.3 Å². The van der Waals surface area contributed by atoms with Crippen LogP contribution in [0.1, 0.15) is 42.3 Å². The van der Waals surface area contributed by atoms with Gasteiger partial charge >= 0.3 is 0 Å². The highest BCUT2D eigenvalue weighted by Crippen LogP contribution is 2.23. The van der Waals surface area contributed by atoms with E-state index in [1.807, 2.05) is 43.3 Å². The lowest BCUT2D eigenvalue weighted by Gasteiger charge is -2.17. The van der Waals surface area contributed by atoms with Crippen molar-refractivity contribution < 1.29 is 4.79 Å². The van der Waals surface area contributed by atoms with Gasteiger partial charge in [0, 0.05) is 22.9 Å². The SMILES string of the molecule is Cc1ccc(-c2ccc(SCc3cccc(C(=O)N[C@@H](C)C(C)C)c3)nn2)cc1. The number of nitrogens with one attached hydrogen (secondary N) is 1. The summed E-state index contributed by atoms with van der Waals surface area (Å²) in [5, 5.41) is 12.6. The Balaban J connectivity index is 1.61. The highest BCUT2D eigenvalue weighted by Gasteiger charge is 2.13. The van der Waals surface area contributed by atoms with Crippen molar-refractivity contribution in [2.45, 2.75) is 44.5 Å². The van der Waals surface area contributed by atoms with Crippen LogP contribution in [-0.2, 0) is 5.75 Å². The van der Waals surface area contributed by atoms with Crippen LogP contribution in [0.3, 0.4) is 0 Å². The van der Waals surface area contributed by atoms with Crippen molar-refractivity contribution >= 4 is 17.7 Å². The Hall–Kier alpha value is -2.66. The van der Waals surface area contributed by atoms with Crippen molar-refractivity contribution in [3.8, 4) is 11.3 Å². The van der Waals surface area contributed by atoms with Gasteiger partial charge in [0.05, 0.1) is 5.69 Å². The van der Waals surface area contributed by atoms with Crippen molar-refractivity contribution in [1.82, 2.24) is 15.5 Å². The maximum absolute atomic E-state index is 12.4. The molecular weight excluding hydrogens is 378 g/mol. The van der Waals surface area contributed by atoms with Crippen molar-refractivity contribution in [3.63, 3.8) is 0 Å². The molecule has 0 aliphatic rings. The largest absolute Gasteiger partial charge is 0.349 e. The van der Waals surface area contributed by atoms with Crippen LogP contribution in [0.15, 0.2) is 65.7 Å². The molecule has 0 fully saturated rings. The molecule has 0 radical (unpaired) electrons. The normalized spacial score (nSPS) is 12.0. The number of amides is 1. The molecule has 3 aromatic rings. The quantitative estimate of drug-likeness (QED) is 0.526. The summed E-state index contributed by atoms with van der Waals surface area (Å²) in [5.41, 5.74) is 4.94. The number of thioether (sulfide) groups is 1. The lowest BCUT2D eigenvalue weighted by molar-refractivity contribution is 0.0930. The number of aromatic nitrogens is 2. The molecule has 0 saturated heterocycles. The van der Waals surface area contributed by atoms with Crippen molar-refractivity contribution in [2.75, 3.05) is 0 Å². The van der Waals surface area contributed by atoms with Crippen LogP contribution in [0.4, 0.5) is 0 Å². The highest BCUT2D eigenvalue weighted by molar-refractivity contribution is 7.98. The zero-order chi connectivity index (χ0) is 20.8. The summed E-state index contributed by atoms with van der Waals surface area (Å²) in [5.74, 6) is 1.11. The number of carbonyl (C=O) groups is 1. The minimum Gasteiger partial charge on any atom is -0.349 e. The van der Waals surface area contributed by atoms with Crippen molar-refractivity contribution in [3.05, 3.63) is 77.4 Å². The zero-order valence-electron chi connectivity index (χ0n) is 17.3. The van der Waals surface area contributed by atoms with Crippen molar-refractivity contribution in [2.24, 2.45) is 5.92 Å². The van der Waals surface area contributed by atoms with E-state index in [1.165, 1.54) is 5.56 Å². The van der Waals surface area contributed by atoms with E-state index in [2.05, 4.69) is 60.6 Å². The second kappa shape index (κ2) is 9.70. The summed E-state index contributed by atoms with van der Waals surface area (Å²) in [4.78, 5) is 12.4. The van der Waals surface area contributed by atoms with E-state index in [0.717, 1.165) is 27.6 Å². The van der Waals surface area contributed by atoms with Crippen LogP contribution in [0, 0.1) is 12.8 Å². The minimum absolute atomic E-state index is 0.0275. The highest BCUT2D eigenvalue weighted by atomic mass is 32.2. The van der Waals surface area contributed by atoms with Gasteiger partial charge in [0.25, 0.3) is 5.91 Å². The van der Waals surface area contributed by atoms with Crippen LogP contribution in [-0.4, -0.2) is 22.1 Å². The molecule has 5 heteroatoms. The van der Waals surface area contributed by atoms with Gasteiger partial charge in [-0.3, -0.25) is 4.79 Å². The Morgan fingerprint density at radius 1 is 1.00 bits per heavy atom. The average molecular weight is 406 g/mol. The molecule has 150 valence electrons. The van der Waals surface area contributed by atoms with E-state index in [9.17, 15) is 4.79 Å². The van der Waals surface area contributed by atoms with E-state index < -0.39 is 0 Å². The predicted molar refractivity (Wildman–Crippen MR) is 120 cm³/mol. The molecule has 0 spiro atoms. The Bertz CT molecular complexity index is 953. The standard InChI is InChI=1S/C24H27N3OS/c1-16(2)18(4)25-24(28)21-7-5-6-19(14-21)15-29-23-13-12-22(26-27-23)20-10-8-17(3)9-11-20/h5-14,16,18H,15H2,1-4H3,(H,25,28)/t18-/m0/s1. The number of aryl methyl sites for hydroxylation is 1. The summed E-state index contributed by atoms with van der Waals surface area (Å²) >= 11 is 1.61. The second-order valence-electron chi connectivity index (χ2n) is 7.62. The fourth-order valence-corrected chi connectivity index (χ4v) is 3.45. The van der Waals surface area contributed by atoms with Gasteiger partial charge in [0.15, 0.2) is 0 Å². The molecule has 2 aromatic carbocycles. The van der Waals surface area contributed by atoms with Gasteiger partial charge in [-0.05, 0) is 49.6 Å². The first-order chi connectivity index (χ1) is 13.9. The van der Waals surface area contributed by atoms with E-state index >= 15 is 0 Å². The molecular formula is C24H27N3OS. The molecule has 0 aliphatic heterocycles. The average Bonchev–Trinajstić information content (AvgIpc) is 2.73. The minimum atomic E-state index is -0.0275. The number of hydrogen-bond donors (Lipinski definition) is 1. The summed E-state index contributed by atoms with van der Waals surface area (Å²) in [6, 6.07) is 20.2. The predicted octanol–water partition coefficient (Wildman–Crippen LogP) is 5.52. The van der Waals surface area contributed by atoms with E-state index in [-0.39, 0.29) is 11.9 Å². The third-order valence-corrected chi connectivity index (χ3v) is 5.91. The third-order valence-electron chi connectivity index (χ3n) is 4.92. The summed E-state index contributed by atoms with van der Waals surface area (Å²) in [6.45, 7) is 8.30. The summed E-state index contributed by atoms with van der Waals surface area (Å²) < 4.78 is 0. The van der Waals surface area contributed by atoms with Crippen LogP contribution >= 0.6 is 11.8 Å². The Kier molecular flexibility index (Phi) is 7.04. The molecule has 1 aromatic heterocycles. The molecule has 29 heavy (non-hydrogen) atoms. The van der Waals surface area contributed by atoms with Crippen molar-refractivity contribution in [1.29, 1.82) is 0 Å². The van der Waals surface area contributed by atoms with Gasteiger partial charge in [-0.15, -0.1) is 10.2 Å². The molecule has 1 amide bonds. The van der Waals surface area contributed by atoms with Crippen LogP contribution in [0.2, 0.25) is 0 Å². The number of carbonyl (C=O) groups excluding carboxylic acids is 1. The van der Waals surface area contributed by atoms with Gasteiger partial charge in [-0.2, -0.15) is 0 Å². The summed E-state index contributed by atoms with van der Waals surface area (Å²) in [6.07, 6.45) is 0. The monoisotopic (exact) mass is 405 g/mol. The number of rotatable bonds is 7. The van der Waals surface area contributed by atoms with Gasteiger partial charge in [0.1, 0.15) is 5.03 Å². The molecule has 0 aliphatic carbocycles. The number of benzene rings is 2. The van der Waals surface area contributed by atoms with Gasteiger partial charge < -0.3 is 5.32 Å². The fraction of sp³-hybridized carbons (Fsp3) is 0.292. The first kappa shape index (κ1) is 21.1. The Morgan fingerprint density at radius 3 is 2.41 bits per heavy atom. The van der Waals surface area contributed by atoms with E-state index in [1.54, 1.807) is 11.8 Å². The maximum atomic E-state index is 12.4. The molecule has 4 nitrogen and oxygen atoms in total. The molecule has 0 saturated carbocycles. The zero-order valence-corrected chi connectivity index (χ0v) is 18.2. The van der Waals surface area contributed by atoms with Gasteiger partial charge in [-0.1, -0.05) is 67.6 Å². The molecule has 0 bridgehead atoms. The molecule has 3 rings (SSSR count). The number of nitrogens with zero attached hydrogens (tertiary/aromatic N) is 2. The topological polar surface area (TPSA) is 54.9 Å². The third kappa shape index (κ3) is 5.91. The van der Waals surface area contributed by atoms with Crippen LogP contribution < -0.4 is 5.32 Å². The first-order valence-electron chi connectivity index (χ1n) is 9.86. The first-order valence-corrected chi connectivity index (χ1v) is 10.8. The second-order valence-corrected chi connectivity index (χ2v) is 8.61. The Morgan fingerprint density at radius 2 is 1.76 bits per heavy atom. The van der Waals surface area contributed by atoms with Gasteiger partial charge in [-0.25, -0.2) is 0 Å². The van der Waals surface area contributed by atoms with E-state index in [0.29, 0.717) is 11.5 Å². The maximum Gasteiger partial charge on any atom is 0.251 e. The van der Waals surface area contributed by atoms with Crippen LogP contribution in [0.5, 0.6) is 0 Å². The summed E-state index contributed by atoms with van der Waals surface area (Å²) in [7, 11) is 0. The lowest BCUT2D eigenvalue weighted by Crippen LogP contribution is -2.36. The molecule has 1 atom stereocenters. The smallest absolute Gasteiger partial charge is 0.251 e. The fourth-order valence-electron chi connectivity index (χ4n) is 2.69. The lowest BCUT2D eigenvalue weighted by atomic mass is 10.1. The molecule has 1 heterocycles. The molecule has 0 unspecified atom stereocenters. The number of hydrogen-bond acceptors (Lipinski definition) is 4. The molecule has 1 N–H and O–H groups in total. The van der Waals surface area contributed by atoms with Gasteiger partial charge in [0.2, 0.25) is 0 Å². The Labute approximate surface area is 177 Å².